The van der Waals surface area contributed by atoms with Crippen LogP contribution in [0.25, 0.3) is 0 Å². The Kier molecular flexibility index (Phi) is 3.59. The molecule has 4 unspecified atom stereocenters. The van der Waals surface area contributed by atoms with Crippen molar-refractivity contribution < 1.29 is 18.9 Å². The summed E-state index contributed by atoms with van der Waals surface area (Å²) in [5.74, 6) is -0.658. The Bertz CT molecular complexity index is 730. The van der Waals surface area contributed by atoms with Gasteiger partial charge < -0.3 is 4.90 Å². The van der Waals surface area contributed by atoms with E-state index in [0.717, 1.165) is 19.4 Å². The fourth-order valence-corrected chi connectivity index (χ4v) is 5.86. The topological polar surface area (TPSA) is 41.8 Å². The van der Waals surface area contributed by atoms with E-state index >= 15 is 0 Å². The van der Waals surface area contributed by atoms with Crippen LogP contribution in [-0.4, -0.2) is 30.4 Å². The highest BCUT2D eigenvalue weighted by molar-refractivity contribution is 6.21. The summed E-state index contributed by atoms with van der Waals surface area (Å²) in [4.78, 5) is 28.1. The molecule has 1 aromatic rings. The monoisotopic (exact) mass is 345 g/mol. The average Bonchev–Trinajstić information content (AvgIpc) is 2.92. The maximum atomic E-state index is 13.2. The number of halogens is 1. The number of carbonyl (C=O) groups is 2. The molecule has 2 bridgehead atoms. The van der Waals surface area contributed by atoms with Gasteiger partial charge >= 0.3 is 0 Å². The van der Waals surface area contributed by atoms with Gasteiger partial charge in [0.05, 0.1) is 24.7 Å². The molecule has 3 fully saturated rings. The van der Waals surface area contributed by atoms with Crippen molar-refractivity contribution in [1.29, 1.82) is 0 Å². The van der Waals surface area contributed by atoms with Crippen molar-refractivity contribution in [2.75, 3.05) is 11.4 Å². The summed E-state index contributed by atoms with van der Waals surface area (Å²) in [6, 6.07) is 5.76. The van der Waals surface area contributed by atoms with Gasteiger partial charge in [0.25, 0.3) is 5.91 Å². The van der Waals surface area contributed by atoms with Gasteiger partial charge in [0.2, 0.25) is 5.91 Å². The number of amides is 2. The van der Waals surface area contributed by atoms with Crippen LogP contribution in [0.2, 0.25) is 0 Å². The van der Waals surface area contributed by atoms with Crippen LogP contribution in [0.1, 0.15) is 46.5 Å². The average molecular weight is 345 g/mol. The van der Waals surface area contributed by atoms with E-state index in [1.54, 1.807) is 0 Å². The van der Waals surface area contributed by atoms with Gasteiger partial charge in [-0.2, -0.15) is 0 Å². The number of fused-ring (bicyclic) bond motifs is 2. The lowest BCUT2D eigenvalue weighted by Crippen LogP contribution is -3.18. The molecule has 4 atom stereocenters. The van der Waals surface area contributed by atoms with Crippen molar-refractivity contribution in [2.45, 2.75) is 58.5 Å². The van der Waals surface area contributed by atoms with E-state index in [9.17, 15) is 14.0 Å². The second kappa shape index (κ2) is 5.37. The lowest BCUT2D eigenvalue weighted by Gasteiger charge is -2.37. The minimum atomic E-state index is -0.367. The first-order valence-electron chi connectivity index (χ1n) is 9.16. The standard InChI is InChI=1S/C20H25FN2O2/c1-19(2)9-15-10-20(3,11-19)12-22(15)16-8-17(24)23(18(16)25)14-6-4-13(21)5-7-14/h4-7,15-16H,8-12H2,1-3H3/p+1. The predicted octanol–water partition coefficient (Wildman–Crippen LogP) is 1.94. The first-order chi connectivity index (χ1) is 11.7. The Morgan fingerprint density at radius 3 is 2.48 bits per heavy atom. The Morgan fingerprint density at radius 2 is 1.80 bits per heavy atom. The highest BCUT2D eigenvalue weighted by Gasteiger charge is 2.58. The van der Waals surface area contributed by atoms with Crippen LogP contribution in [0.3, 0.4) is 0 Å². The quantitative estimate of drug-likeness (QED) is 0.833. The van der Waals surface area contributed by atoms with Crippen molar-refractivity contribution in [1.82, 2.24) is 0 Å². The van der Waals surface area contributed by atoms with Gasteiger partial charge in [-0.3, -0.25) is 9.59 Å². The fraction of sp³-hybridized carbons (Fsp3) is 0.600. The van der Waals surface area contributed by atoms with Gasteiger partial charge in [0, 0.05) is 18.3 Å². The third-order valence-electron chi connectivity index (χ3n) is 6.28. The molecule has 134 valence electrons. The van der Waals surface area contributed by atoms with Crippen molar-refractivity contribution in [3.05, 3.63) is 30.1 Å². The second-order valence-electron chi connectivity index (χ2n) is 9.31. The Balaban J connectivity index is 1.59. The number of nitrogens with zero attached hydrogens (tertiary/aromatic N) is 1. The molecule has 2 amide bonds. The maximum Gasteiger partial charge on any atom is 0.292 e. The Morgan fingerprint density at radius 1 is 1.12 bits per heavy atom. The molecule has 1 saturated carbocycles. The van der Waals surface area contributed by atoms with Gasteiger partial charge in [-0.1, -0.05) is 20.8 Å². The number of rotatable bonds is 2. The van der Waals surface area contributed by atoms with Crippen LogP contribution in [0, 0.1) is 16.6 Å². The molecule has 1 N–H and O–H groups in total. The van der Waals surface area contributed by atoms with Crippen molar-refractivity contribution in [2.24, 2.45) is 10.8 Å². The number of hydrogen-bond donors (Lipinski definition) is 1. The number of carbonyl (C=O) groups excluding carboxylic acids is 2. The van der Waals surface area contributed by atoms with Crippen molar-refractivity contribution >= 4 is 17.5 Å². The van der Waals surface area contributed by atoms with Crippen LogP contribution in [0.15, 0.2) is 24.3 Å². The third kappa shape index (κ3) is 2.78. The molecule has 4 nitrogen and oxygen atoms in total. The number of likely N-dealkylation sites (tertiary alicyclic amines) is 1. The summed E-state index contributed by atoms with van der Waals surface area (Å²) in [7, 11) is 0. The molecule has 1 aromatic carbocycles. The fourth-order valence-electron chi connectivity index (χ4n) is 5.86. The lowest BCUT2D eigenvalue weighted by atomic mass is 9.65. The van der Waals surface area contributed by atoms with Crippen LogP contribution >= 0.6 is 0 Å². The summed E-state index contributed by atoms with van der Waals surface area (Å²) in [5.41, 5.74) is 1.03. The van der Waals surface area contributed by atoms with E-state index in [2.05, 4.69) is 20.8 Å². The van der Waals surface area contributed by atoms with Gasteiger partial charge in [-0.05, 0) is 36.1 Å². The molecule has 2 aliphatic heterocycles. The first-order valence-corrected chi connectivity index (χ1v) is 9.16. The van der Waals surface area contributed by atoms with Crippen LogP contribution < -0.4 is 9.80 Å². The molecule has 0 aromatic heterocycles. The van der Waals surface area contributed by atoms with E-state index in [-0.39, 0.29) is 35.5 Å². The van der Waals surface area contributed by atoms with E-state index in [0.29, 0.717) is 17.1 Å². The van der Waals surface area contributed by atoms with E-state index in [1.807, 2.05) is 0 Å². The zero-order valence-electron chi connectivity index (χ0n) is 15.1. The zero-order valence-corrected chi connectivity index (χ0v) is 15.1. The first kappa shape index (κ1) is 16.7. The van der Waals surface area contributed by atoms with Gasteiger partial charge in [-0.15, -0.1) is 0 Å². The largest absolute Gasteiger partial charge is 0.321 e. The summed E-state index contributed by atoms with van der Waals surface area (Å²) >= 11 is 0. The van der Waals surface area contributed by atoms with E-state index in [1.165, 1.54) is 40.5 Å². The lowest BCUT2D eigenvalue weighted by molar-refractivity contribution is -0.929. The number of hydrogen-bond acceptors (Lipinski definition) is 2. The van der Waals surface area contributed by atoms with Crippen molar-refractivity contribution in [3.63, 3.8) is 0 Å². The number of anilines is 1. The smallest absolute Gasteiger partial charge is 0.292 e. The zero-order chi connectivity index (χ0) is 18.0. The summed E-state index contributed by atoms with van der Waals surface area (Å²) < 4.78 is 13.2. The second-order valence-corrected chi connectivity index (χ2v) is 9.31. The minimum absolute atomic E-state index is 0.124. The molecule has 2 saturated heterocycles. The van der Waals surface area contributed by atoms with Crippen LogP contribution in [0.4, 0.5) is 10.1 Å². The van der Waals surface area contributed by atoms with Gasteiger partial charge in [0.15, 0.2) is 6.04 Å². The minimum Gasteiger partial charge on any atom is -0.321 e. The van der Waals surface area contributed by atoms with Gasteiger partial charge in [-0.25, -0.2) is 9.29 Å². The molecular formula is C20H26FN2O2+. The Labute approximate surface area is 148 Å². The number of benzene rings is 1. The molecule has 5 heteroatoms. The molecular weight excluding hydrogens is 319 g/mol. The normalized spacial score (nSPS) is 37.0. The van der Waals surface area contributed by atoms with E-state index < -0.39 is 0 Å². The number of nitrogens with one attached hydrogen (secondary N) is 1. The molecule has 0 radical (unpaired) electrons. The molecule has 25 heavy (non-hydrogen) atoms. The third-order valence-corrected chi connectivity index (χ3v) is 6.28. The van der Waals surface area contributed by atoms with Crippen LogP contribution in [-0.2, 0) is 9.59 Å². The SMILES string of the molecule is CC1(C)CC2CC(C)(C[NH+]2C2CC(=O)N(c3ccc(F)cc3)C2=O)C1. The predicted molar refractivity (Wildman–Crippen MR) is 92.7 cm³/mol. The number of imide groups is 1. The Hall–Kier alpha value is -1.75. The summed E-state index contributed by atoms with van der Waals surface area (Å²) in [6.45, 7) is 7.91. The van der Waals surface area contributed by atoms with Crippen LogP contribution in [0.5, 0.6) is 0 Å². The highest BCUT2D eigenvalue weighted by atomic mass is 19.1. The number of quaternary nitrogens is 1. The van der Waals surface area contributed by atoms with Crippen molar-refractivity contribution in [3.8, 4) is 0 Å². The molecule has 1 aliphatic carbocycles. The van der Waals surface area contributed by atoms with Gasteiger partial charge in [0.1, 0.15) is 5.82 Å². The molecule has 3 aliphatic rings. The van der Waals surface area contributed by atoms with E-state index in [4.69, 9.17) is 0 Å². The summed E-state index contributed by atoms with van der Waals surface area (Å²) in [6.07, 6.45) is 3.68. The molecule has 2 heterocycles. The summed E-state index contributed by atoms with van der Waals surface area (Å²) in [5, 5.41) is 0. The maximum absolute atomic E-state index is 13.2. The highest BCUT2D eigenvalue weighted by Crippen LogP contribution is 2.47. The molecule has 0 spiro atoms. The molecule has 4 rings (SSSR count).